The smallest absolute Gasteiger partial charge is 0.410 e. The number of likely N-dealkylation sites (N-methyl/N-ethyl adjacent to an activating group) is 1. The fourth-order valence-electron chi connectivity index (χ4n) is 1.87. The number of nitrogens with zero attached hydrogens (tertiary/aromatic N) is 2. The number of nitro groups is 1. The van der Waals surface area contributed by atoms with Crippen LogP contribution in [-0.2, 0) is 9.47 Å². The molecule has 1 aromatic rings. The third-order valence-electron chi connectivity index (χ3n) is 3.08. The molecule has 0 saturated carbocycles. The summed E-state index contributed by atoms with van der Waals surface area (Å²) < 4.78 is 9.77. The molecular weight excluding hydrogens is 330 g/mol. The Morgan fingerprint density at radius 3 is 2.48 bits per heavy atom. The van der Waals surface area contributed by atoms with Gasteiger partial charge in [-0.1, -0.05) is 0 Å². The minimum absolute atomic E-state index is 0.0885. The summed E-state index contributed by atoms with van der Waals surface area (Å²) in [7, 11) is 2.78. The maximum Gasteiger partial charge on any atom is 0.410 e. The van der Waals surface area contributed by atoms with Crippen molar-refractivity contribution in [3.8, 4) is 0 Å². The van der Waals surface area contributed by atoms with Crippen molar-refractivity contribution in [3.63, 3.8) is 0 Å². The van der Waals surface area contributed by atoms with Gasteiger partial charge in [0.2, 0.25) is 0 Å². The largest absolute Gasteiger partial charge is 0.465 e. The number of rotatable bonds is 6. The highest BCUT2D eigenvalue weighted by atomic mass is 16.6. The van der Waals surface area contributed by atoms with Crippen molar-refractivity contribution in [2.24, 2.45) is 0 Å². The number of benzene rings is 1. The maximum atomic E-state index is 11.8. The molecule has 0 bridgehead atoms. The average molecular weight is 353 g/mol. The van der Waals surface area contributed by atoms with Gasteiger partial charge in [0.15, 0.2) is 0 Å². The van der Waals surface area contributed by atoms with Crippen molar-refractivity contribution in [2.45, 2.75) is 26.4 Å². The van der Waals surface area contributed by atoms with Gasteiger partial charge in [0.05, 0.1) is 17.6 Å². The van der Waals surface area contributed by atoms with Gasteiger partial charge in [-0.05, 0) is 32.9 Å². The molecule has 138 valence electrons. The summed E-state index contributed by atoms with van der Waals surface area (Å²) >= 11 is 0. The number of hydrogen-bond acceptors (Lipinski definition) is 7. The Morgan fingerprint density at radius 2 is 1.96 bits per heavy atom. The standard InChI is InChI=1S/C16H23N3O6/c1-16(2,3)25-15(21)18(4)9-8-17-12-7-6-11(14(20)24-5)10-13(12)19(22)23/h6-7,10,17H,8-9H2,1-5H3. The number of anilines is 1. The van der Waals surface area contributed by atoms with Crippen LogP contribution in [0.3, 0.4) is 0 Å². The molecule has 0 heterocycles. The van der Waals surface area contributed by atoms with Crippen LogP contribution < -0.4 is 5.32 Å². The van der Waals surface area contributed by atoms with Crippen LogP contribution in [0, 0.1) is 10.1 Å². The van der Waals surface area contributed by atoms with Gasteiger partial charge < -0.3 is 19.7 Å². The number of esters is 1. The molecule has 0 saturated heterocycles. The molecule has 0 radical (unpaired) electrons. The highest BCUT2D eigenvalue weighted by Gasteiger charge is 2.20. The second kappa shape index (κ2) is 8.32. The Balaban J connectivity index is 2.72. The predicted octanol–water partition coefficient (Wildman–Crippen LogP) is 2.66. The molecule has 9 heteroatoms. The summed E-state index contributed by atoms with van der Waals surface area (Å²) in [6, 6.07) is 4.00. The zero-order chi connectivity index (χ0) is 19.2. The molecule has 25 heavy (non-hydrogen) atoms. The minimum Gasteiger partial charge on any atom is -0.465 e. The van der Waals surface area contributed by atoms with Gasteiger partial charge in [0.25, 0.3) is 5.69 Å². The van der Waals surface area contributed by atoms with E-state index in [0.29, 0.717) is 0 Å². The fraction of sp³-hybridized carbons (Fsp3) is 0.500. The van der Waals surface area contributed by atoms with E-state index in [0.717, 1.165) is 6.07 Å². The number of methoxy groups -OCH3 is 1. The molecule has 0 aliphatic heterocycles. The van der Waals surface area contributed by atoms with Crippen LogP contribution in [0.4, 0.5) is 16.2 Å². The Hall–Kier alpha value is -2.84. The van der Waals surface area contributed by atoms with Gasteiger partial charge in [-0.2, -0.15) is 0 Å². The van der Waals surface area contributed by atoms with Crippen LogP contribution in [-0.4, -0.2) is 54.7 Å². The number of hydrogen-bond donors (Lipinski definition) is 1. The van der Waals surface area contributed by atoms with E-state index in [2.05, 4.69) is 10.1 Å². The van der Waals surface area contributed by atoms with Crippen molar-refractivity contribution < 1.29 is 24.0 Å². The van der Waals surface area contributed by atoms with Gasteiger partial charge in [0.1, 0.15) is 11.3 Å². The lowest BCUT2D eigenvalue weighted by Gasteiger charge is -2.24. The molecule has 1 rings (SSSR count). The summed E-state index contributed by atoms with van der Waals surface area (Å²) in [4.78, 5) is 35.3. The van der Waals surface area contributed by atoms with Crippen molar-refractivity contribution in [1.82, 2.24) is 4.90 Å². The molecule has 0 fully saturated rings. The molecule has 0 unspecified atom stereocenters. The molecule has 1 N–H and O–H groups in total. The SMILES string of the molecule is COC(=O)c1ccc(NCCN(C)C(=O)OC(C)(C)C)c([N+](=O)[O-])c1. The summed E-state index contributed by atoms with van der Waals surface area (Å²) in [5.41, 5.74) is -0.509. The van der Waals surface area contributed by atoms with Gasteiger partial charge >= 0.3 is 12.1 Å². The maximum absolute atomic E-state index is 11.8. The van der Waals surface area contributed by atoms with Gasteiger partial charge in [-0.15, -0.1) is 0 Å². The summed E-state index contributed by atoms with van der Waals surface area (Å²) in [5, 5.41) is 14.1. The Bertz CT molecular complexity index is 654. The van der Waals surface area contributed by atoms with E-state index < -0.39 is 22.6 Å². The zero-order valence-corrected chi connectivity index (χ0v) is 15.0. The molecule has 0 aliphatic rings. The van der Waals surface area contributed by atoms with Crippen molar-refractivity contribution in [1.29, 1.82) is 0 Å². The first kappa shape index (κ1) is 20.2. The van der Waals surface area contributed by atoms with E-state index in [-0.39, 0.29) is 30.0 Å². The first-order valence-electron chi connectivity index (χ1n) is 7.60. The minimum atomic E-state index is -0.653. The van der Waals surface area contributed by atoms with E-state index in [1.54, 1.807) is 27.8 Å². The first-order chi connectivity index (χ1) is 11.5. The highest BCUT2D eigenvalue weighted by Crippen LogP contribution is 2.25. The Labute approximate surface area is 146 Å². The highest BCUT2D eigenvalue weighted by molar-refractivity contribution is 5.91. The van der Waals surface area contributed by atoms with Crippen molar-refractivity contribution in [3.05, 3.63) is 33.9 Å². The topological polar surface area (TPSA) is 111 Å². The fourth-order valence-corrected chi connectivity index (χ4v) is 1.87. The number of nitrogens with one attached hydrogen (secondary N) is 1. The first-order valence-corrected chi connectivity index (χ1v) is 7.60. The zero-order valence-electron chi connectivity index (χ0n) is 15.0. The molecule has 0 aromatic heterocycles. The van der Waals surface area contributed by atoms with Gasteiger partial charge in [-0.3, -0.25) is 10.1 Å². The predicted molar refractivity (Wildman–Crippen MR) is 91.8 cm³/mol. The summed E-state index contributed by atoms with van der Waals surface area (Å²) in [5.74, 6) is -0.653. The molecule has 1 aromatic carbocycles. The molecule has 0 atom stereocenters. The number of amides is 1. The quantitative estimate of drug-likeness (QED) is 0.475. The van der Waals surface area contributed by atoms with Gasteiger partial charge in [0, 0.05) is 26.2 Å². The normalized spacial score (nSPS) is 10.8. The number of nitro benzene ring substituents is 1. The van der Waals surface area contributed by atoms with Crippen LogP contribution in [0.25, 0.3) is 0 Å². The van der Waals surface area contributed by atoms with Crippen LogP contribution in [0.5, 0.6) is 0 Å². The second-order valence-corrected chi connectivity index (χ2v) is 6.31. The molecule has 1 amide bonds. The van der Waals surface area contributed by atoms with E-state index in [1.165, 1.54) is 24.1 Å². The number of carbonyl (C=O) groups excluding carboxylic acids is 2. The lowest BCUT2D eigenvalue weighted by Crippen LogP contribution is -2.36. The van der Waals surface area contributed by atoms with E-state index in [9.17, 15) is 19.7 Å². The summed E-state index contributed by atoms with van der Waals surface area (Å²) in [6.07, 6.45) is -0.482. The Morgan fingerprint density at radius 1 is 1.32 bits per heavy atom. The third kappa shape index (κ3) is 6.28. The van der Waals surface area contributed by atoms with Crippen LogP contribution in [0.15, 0.2) is 18.2 Å². The van der Waals surface area contributed by atoms with Crippen molar-refractivity contribution >= 4 is 23.4 Å². The molecule has 0 spiro atoms. The van der Waals surface area contributed by atoms with E-state index in [4.69, 9.17) is 4.74 Å². The van der Waals surface area contributed by atoms with E-state index in [1.807, 2.05) is 0 Å². The van der Waals surface area contributed by atoms with Crippen molar-refractivity contribution in [2.75, 3.05) is 32.6 Å². The monoisotopic (exact) mass is 353 g/mol. The third-order valence-corrected chi connectivity index (χ3v) is 3.08. The average Bonchev–Trinajstić information content (AvgIpc) is 2.52. The number of ether oxygens (including phenoxy) is 2. The van der Waals surface area contributed by atoms with Crippen LogP contribution in [0.2, 0.25) is 0 Å². The molecular formula is C16H23N3O6. The van der Waals surface area contributed by atoms with E-state index >= 15 is 0 Å². The number of carbonyl (C=O) groups is 2. The summed E-state index contributed by atoms with van der Waals surface area (Å²) in [6.45, 7) is 5.86. The van der Waals surface area contributed by atoms with Crippen LogP contribution in [0.1, 0.15) is 31.1 Å². The second-order valence-electron chi connectivity index (χ2n) is 6.31. The molecule has 0 aliphatic carbocycles. The molecule has 9 nitrogen and oxygen atoms in total. The Kier molecular flexibility index (Phi) is 6.72. The van der Waals surface area contributed by atoms with Gasteiger partial charge in [-0.25, -0.2) is 9.59 Å². The van der Waals surface area contributed by atoms with Crippen LogP contribution >= 0.6 is 0 Å². The lowest BCUT2D eigenvalue weighted by atomic mass is 10.1. The lowest BCUT2D eigenvalue weighted by molar-refractivity contribution is -0.384.